The Balaban J connectivity index is 2.23. The molecule has 3 N–H and O–H groups in total. The van der Waals surface area contributed by atoms with Crippen LogP contribution in [-0.4, -0.2) is 31.4 Å². The van der Waals surface area contributed by atoms with E-state index >= 15 is 0 Å². The molecule has 8 nitrogen and oxygen atoms in total. The summed E-state index contributed by atoms with van der Waals surface area (Å²) in [6.45, 7) is 5.72. The summed E-state index contributed by atoms with van der Waals surface area (Å²) in [6.07, 6.45) is 0.511. The minimum atomic E-state index is -0.560. The Morgan fingerprint density at radius 2 is 2.26 bits per heavy atom. The van der Waals surface area contributed by atoms with Crippen molar-refractivity contribution in [3.05, 3.63) is 10.6 Å². The second kappa shape index (κ2) is 7.43. The average Bonchev–Trinajstić information content (AvgIpc) is 3.01. The van der Waals surface area contributed by atoms with Crippen molar-refractivity contribution in [2.24, 2.45) is 0 Å². The molecule has 0 aliphatic rings. The topological polar surface area (TPSA) is 123 Å². The predicted molar refractivity (Wildman–Crippen MR) is 90.3 cm³/mol. The van der Waals surface area contributed by atoms with Crippen LogP contribution in [0.25, 0.3) is 0 Å². The molecule has 0 radical (unpaired) electrons. The Morgan fingerprint density at radius 3 is 2.83 bits per heavy atom. The predicted octanol–water partition coefficient (Wildman–Crippen LogP) is 2.14. The summed E-state index contributed by atoms with van der Waals surface area (Å²) in [4.78, 5) is 18.0. The van der Waals surface area contributed by atoms with Crippen LogP contribution >= 0.6 is 23.1 Å². The number of nitrogens with two attached hydrogens (primary N) is 1. The maximum atomic E-state index is 12.6. The number of carbonyl (C=O) groups excluding carboxylic acids is 1. The van der Waals surface area contributed by atoms with Gasteiger partial charge < -0.3 is 11.1 Å². The highest BCUT2D eigenvalue weighted by atomic mass is 32.2. The molecule has 1 unspecified atom stereocenters. The van der Waals surface area contributed by atoms with Crippen molar-refractivity contribution >= 4 is 40.1 Å². The summed E-state index contributed by atoms with van der Waals surface area (Å²) in [7, 11) is 0. The van der Waals surface area contributed by atoms with E-state index in [-0.39, 0.29) is 17.6 Å². The van der Waals surface area contributed by atoms with E-state index in [0.29, 0.717) is 16.7 Å². The summed E-state index contributed by atoms with van der Waals surface area (Å²) >= 11 is 2.62. The van der Waals surface area contributed by atoms with E-state index in [0.717, 1.165) is 10.6 Å². The van der Waals surface area contributed by atoms with E-state index in [1.807, 2.05) is 26.8 Å². The van der Waals surface area contributed by atoms with Gasteiger partial charge in [-0.15, -0.1) is 21.5 Å². The van der Waals surface area contributed by atoms with E-state index in [9.17, 15) is 4.79 Å². The quantitative estimate of drug-likeness (QED) is 0.764. The Kier molecular flexibility index (Phi) is 5.57. The lowest BCUT2D eigenvalue weighted by Gasteiger charge is -2.17. The van der Waals surface area contributed by atoms with E-state index in [1.54, 1.807) is 4.57 Å². The Bertz CT molecular complexity index is 727. The molecule has 10 heteroatoms. The van der Waals surface area contributed by atoms with Crippen molar-refractivity contribution in [3.8, 4) is 6.07 Å². The fourth-order valence-corrected chi connectivity index (χ4v) is 3.45. The molecular formula is C13H17N7OS2. The molecule has 0 aliphatic carbocycles. The molecule has 2 heterocycles. The van der Waals surface area contributed by atoms with Gasteiger partial charge in [-0.25, -0.2) is 4.98 Å². The fourth-order valence-electron chi connectivity index (χ4n) is 1.98. The summed E-state index contributed by atoms with van der Waals surface area (Å²) in [5, 5.41) is 20.3. The van der Waals surface area contributed by atoms with Gasteiger partial charge in [0.15, 0.2) is 10.3 Å². The van der Waals surface area contributed by atoms with Crippen molar-refractivity contribution in [2.45, 2.75) is 38.4 Å². The number of nitriles is 1. The third-order valence-corrected chi connectivity index (χ3v) is 5.01. The molecule has 2 aromatic heterocycles. The molecule has 23 heavy (non-hydrogen) atoms. The van der Waals surface area contributed by atoms with Gasteiger partial charge >= 0.3 is 0 Å². The van der Waals surface area contributed by atoms with Crippen molar-refractivity contribution in [2.75, 3.05) is 16.8 Å². The molecule has 122 valence electrons. The van der Waals surface area contributed by atoms with Crippen LogP contribution in [0.4, 0.5) is 11.1 Å². The van der Waals surface area contributed by atoms with Gasteiger partial charge in [0.25, 0.3) is 0 Å². The number of hydrogen-bond donors (Lipinski definition) is 2. The average molecular weight is 351 g/mol. The number of thiazole rings is 1. The van der Waals surface area contributed by atoms with Crippen LogP contribution in [0, 0.1) is 25.2 Å². The molecule has 0 aliphatic heterocycles. The second-order valence-corrected chi connectivity index (χ2v) is 6.88. The first-order valence-electron chi connectivity index (χ1n) is 6.92. The minimum absolute atomic E-state index is 0.152. The largest absolute Gasteiger partial charge is 0.368 e. The summed E-state index contributed by atoms with van der Waals surface area (Å²) in [6, 6.07) is 1.46. The lowest BCUT2D eigenvalue weighted by Crippen LogP contribution is -2.27. The molecule has 1 atom stereocenters. The number of rotatable bonds is 6. The highest BCUT2D eigenvalue weighted by Gasteiger charge is 2.25. The van der Waals surface area contributed by atoms with Crippen molar-refractivity contribution in [1.82, 2.24) is 19.7 Å². The number of amides is 1. The molecular weight excluding hydrogens is 334 g/mol. The standard InChI is InChI=1S/C13H17N7OS2/c1-4-9(10(21)17-12-16-7(2)8(3)23-12)20-11(15)18-19-13(20)22-6-5-14/h9H,4,6H2,1-3H3,(H2,15,18)(H,16,17,21). The van der Waals surface area contributed by atoms with Crippen LogP contribution < -0.4 is 11.1 Å². The number of aromatic nitrogens is 4. The number of carbonyl (C=O) groups is 1. The minimum Gasteiger partial charge on any atom is -0.368 e. The van der Waals surface area contributed by atoms with Gasteiger partial charge in [0, 0.05) is 4.88 Å². The number of nitrogens with one attached hydrogen (secondary N) is 1. The third-order valence-electron chi connectivity index (χ3n) is 3.22. The van der Waals surface area contributed by atoms with Gasteiger partial charge in [-0.3, -0.25) is 9.36 Å². The molecule has 2 rings (SSSR count). The first-order valence-corrected chi connectivity index (χ1v) is 8.73. The van der Waals surface area contributed by atoms with E-state index < -0.39 is 6.04 Å². The van der Waals surface area contributed by atoms with Crippen molar-refractivity contribution in [3.63, 3.8) is 0 Å². The molecule has 0 saturated carbocycles. The van der Waals surface area contributed by atoms with E-state index in [1.165, 1.54) is 23.1 Å². The zero-order chi connectivity index (χ0) is 17.0. The van der Waals surface area contributed by atoms with E-state index in [2.05, 4.69) is 20.5 Å². The smallest absolute Gasteiger partial charge is 0.249 e. The first-order chi connectivity index (χ1) is 11.0. The zero-order valence-electron chi connectivity index (χ0n) is 13.0. The van der Waals surface area contributed by atoms with Gasteiger partial charge in [0.05, 0.1) is 17.5 Å². The zero-order valence-corrected chi connectivity index (χ0v) is 14.7. The van der Waals surface area contributed by atoms with Crippen molar-refractivity contribution < 1.29 is 4.79 Å². The highest BCUT2D eigenvalue weighted by Crippen LogP contribution is 2.27. The van der Waals surface area contributed by atoms with E-state index in [4.69, 9.17) is 11.0 Å². The molecule has 2 aromatic rings. The Hall–Kier alpha value is -2.12. The SMILES string of the molecule is CCC(C(=O)Nc1nc(C)c(C)s1)n1c(N)nnc1SCC#N. The van der Waals surface area contributed by atoms with Crippen LogP contribution in [-0.2, 0) is 4.79 Å². The van der Waals surface area contributed by atoms with Gasteiger partial charge in [0.1, 0.15) is 6.04 Å². The monoisotopic (exact) mass is 351 g/mol. The molecule has 0 bridgehead atoms. The maximum absolute atomic E-state index is 12.6. The van der Waals surface area contributed by atoms with Crippen molar-refractivity contribution in [1.29, 1.82) is 5.26 Å². The molecule has 0 saturated heterocycles. The van der Waals surface area contributed by atoms with Gasteiger partial charge in [-0.05, 0) is 20.3 Å². The third kappa shape index (κ3) is 3.80. The van der Waals surface area contributed by atoms with Crippen LogP contribution in [0.15, 0.2) is 5.16 Å². The lowest BCUT2D eigenvalue weighted by molar-refractivity contribution is -0.119. The second-order valence-electron chi connectivity index (χ2n) is 4.73. The number of aryl methyl sites for hydroxylation is 2. The lowest BCUT2D eigenvalue weighted by atomic mass is 10.2. The van der Waals surface area contributed by atoms with Crippen LogP contribution in [0.3, 0.4) is 0 Å². The normalized spacial score (nSPS) is 11.9. The van der Waals surface area contributed by atoms with Crippen LogP contribution in [0.5, 0.6) is 0 Å². The number of nitrogen functional groups attached to an aromatic ring is 1. The number of nitrogens with zero attached hydrogens (tertiary/aromatic N) is 5. The van der Waals surface area contributed by atoms with Gasteiger partial charge in [-0.2, -0.15) is 5.26 Å². The molecule has 1 amide bonds. The molecule has 0 fully saturated rings. The fraction of sp³-hybridized carbons (Fsp3) is 0.462. The highest BCUT2D eigenvalue weighted by molar-refractivity contribution is 7.99. The van der Waals surface area contributed by atoms with Gasteiger partial charge in [-0.1, -0.05) is 18.7 Å². The van der Waals surface area contributed by atoms with Gasteiger partial charge in [0.2, 0.25) is 11.9 Å². The first kappa shape index (κ1) is 17.2. The van der Waals surface area contributed by atoms with Crippen LogP contribution in [0.2, 0.25) is 0 Å². The number of hydrogen-bond acceptors (Lipinski definition) is 8. The summed E-state index contributed by atoms with van der Waals surface area (Å²) in [5.41, 5.74) is 6.74. The Morgan fingerprint density at radius 1 is 1.52 bits per heavy atom. The summed E-state index contributed by atoms with van der Waals surface area (Å²) in [5.74, 6) is 0.131. The van der Waals surface area contributed by atoms with Crippen LogP contribution in [0.1, 0.15) is 30.0 Å². The maximum Gasteiger partial charge on any atom is 0.249 e. The summed E-state index contributed by atoms with van der Waals surface area (Å²) < 4.78 is 1.56. The number of anilines is 2. The molecule has 0 aromatic carbocycles. The number of thioether (sulfide) groups is 1. The molecule has 0 spiro atoms. The Labute approximate surface area is 142 Å².